The molecule has 1 aromatic heterocycles. The van der Waals surface area contributed by atoms with E-state index in [1.54, 1.807) is 22.8 Å². The fourth-order valence-corrected chi connectivity index (χ4v) is 3.33. The van der Waals surface area contributed by atoms with Crippen molar-refractivity contribution in [2.45, 2.75) is 32.0 Å². The summed E-state index contributed by atoms with van der Waals surface area (Å²) in [6, 6.07) is 5.19. The molecule has 0 spiro atoms. The monoisotopic (exact) mass is 370 g/mol. The average Bonchev–Trinajstić information content (AvgIpc) is 2.57. The number of rotatable bonds is 10. The van der Waals surface area contributed by atoms with Gasteiger partial charge in [0.2, 0.25) is 0 Å². The van der Waals surface area contributed by atoms with Crippen molar-refractivity contribution in [1.29, 1.82) is 0 Å². The van der Waals surface area contributed by atoms with Crippen molar-refractivity contribution in [2.24, 2.45) is 0 Å². The number of benzene rings is 1. The molecule has 0 aliphatic carbocycles. The second-order valence-electron chi connectivity index (χ2n) is 5.11. The molecule has 1 heterocycles. The summed E-state index contributed by atoms with van der Waals surface area (Å²) < 4.78 is 12.5. The van der Waals surface area contributed by atoms with Crippen LogP contribution in [0.2, 0.25) is 5.02 Å². The van der Waals surface area contributed by atoms with E-state index in [-0.39, 0.29) is 5.56 Å². The summed E-state index contributed by atoms with van der Waals surface area (Å²) in [7, 11) is 0. The van der Waals surface area contributed by atoms with Gasteiger partial charge in [0.1, 0.15) is 0 Å². The molecular formula is C17H23ClN2O3S. The Balaban J connectivity index is 2.28. The number of hydrogen-bond donors (Lipinski definition) is 0. The quantitative estimate of drug-likeness (QED) is 0.363. The van der Waals surface area contributed by atoms with Gasteiger partial charge in [-0.2, -0.15) is 0 Å². The minimum atomic E-state index is -0.0351. The maximum Gasteiger partial charge on any atom is 0.262 e. The zero-order chi connectivity index (χ0) is 17.4. The van der Waals surface area contributed by atoms with E-state index in [0.717, 1.165) is 12.2 Å². The number of fused-ring (bicyclic) bond motifs is 1. The molecule has 2 rings (SSSR count). The number of thioether (sulfide) groups is 1. The lowest BCUT2D eigenvalue weighted by Gasteiger charge is -2.13. The molecule has 132 valence electrons. The largest absolute Gasteiger partial charge is 0.382 e. The molecule has 0 radical (unpaired) electrons. The van der Waals surface area contributed by atoms with E-state index >= 15 is 0 Å². The normalized spacial score (nSPS) is 11.3. The number of aromatic nitrogens is 2. The van der Waals surface area contributed by atoms with Crippen LogP contribution in [0.3, 0.4) is 0 Å². The summed E-state index contributed by atoms with van der Waals surface area (Å²) in [6.45, 7) is 7.13. The molecule has 0 saturated heterocycles. The Morgan fingerprint density at radius 1 is 1.21 bits per heavy atom. The number of ether oxygens (including phenoxy) is 2. The summed E-state index contributed by atoms with van der Waals surface area (Å²) in [5.41, 5.74) is 0.597. The van der Waals surface area contributed by atoms with E-state index in [4.69, 9.17) is 21.1 Å². The van der Waals surface area contributed by atoms with Crippen LogP contribution in [-0.4, -0.2) is 41.7 Å². The van der Waals surface area contributed by atoms with Gasteiger partial charge in [0, 0.05) is 37.1 Å². The third kappa shape index (κ3) is 5.21. The van der Waals surface area contributed by atoms with Gasteiger partial charge in [-0.3, -0.25) is 9.36 Å². The minimum Gasteiger partial charge on any atom is -0.382 e. The summed E-state index contributed by atoms with van der Waals surface area (Å²) in [4.78, 5) is 17.4. The fourth-order valence-electron chi connectivity index (χ4n) is 2.29. The Bertz CT molecular complexity index is 721. The molecule has 5 nitrogen and oxygen atoms in total. The lowest BCUT2D eigenvalue weighted by Crippen LogP contribution is -2.24. The van der Waals surface area contributed by atoms with Crippen LogP contribution in [0.1, 0.15) is 20.3 Å². The van der Waals surface area contributed by atoms with Crippen LogP contribution in [0.25, 0.3) is 10.9 Å². The Labute approximate surface area is 151 Å². The van der Waals surface area contributed by atoms with Gasteiger partial charge in [-0.25, -0.2) is 4.98 Å². The first-order valence-corrected chi connectivity index (χ1v) is 9.52. The van der Waals surface area contributed by atoms with E-state index in [2.05, 4.69) is 4.98 Å². The maximum atomic E-state index is 12.8. The predicted octanol–water partition coefficient (Wildman–Crippen LogP) is 3.61. The highest BCUT2D eigenvalue weighted by atomic mass is 35.5. The molecule has 0 aliphatic heterocycles. The van der Waals surface area contributed by atoms with Crippen LogP contribution in [0.5, 0.6) is 0 Å². The van der Waals surface area contributed by atoms with Crippen LogP contribution in [-0.2, 0) is 16.0 Å². The molecule has 0 aliphatic rings. The van der Waals surface area contributed by atoms with Gasteiger partial charge < -0.3 is 9.47 Å². The summed E-state index contributed by atoms with van der Waals surface area (Å²) in [5, 5.41) is 1.87. The third-order valence-electron chi connectivity index (χ3n) is 3.42. The first-order chi connectivity index (χ1) is 11.7. The molecule has 0 saturated carbocycles. The SMILES string of the molecule is CCOCCCn1c(SCCOCC)nc2cc(Cl)ccc2c1=O. The van der Waals surface area contributed by atoms with E-state index in [1.807, 2.05) is 13.8 Å². The van der Waals surface area contributed by atoms with Gasteiger partial charge in [0.15, 0.2) is 5.16 Å². The highest BCUT2D eigenvalue weighted by molar-refractivity contribution is 7.99. The highest BCUT2D eigenvalue weighted by Gasteiger charge is 2.12. The van der Waals surface area contributed by atoms with Gasteiger partial charge >= 0.3 is 0 Å². The smallest absolute Gasteiger partial charge is 0.262 e. The molecular weight excluding hydrogens is 348 g/mol. The van der Waals surface area contributed by atoms with Gasteiger partial charge in [-0.15, -0.1) is 0 Å². The molecule has 0 fully saturated rings. The Hall–Kier alpha value is -1.08. The van der Waals surface area contributed by atoms with Gasteiger partial charge in [-0.1, -0.05) is 23.4 Å². The molecule has 1 aromatic carbocycles. The zero-order valence-corrected chi connectivity index (χ0v) is 15.7. The Morgan fingerprint density at radius 2 is 1.96 bits per heavy atom. The number of halogens is 1. The first-order valence-electron chi connectivity index (χ1n) is 8.15. The van der Waals surface area contributed by atoms with Crippen LogP contribution in [0.15, 0.2) is 28.2 Å². The maximum absolute atomic E-state index is 12.8. The van der Waals surface area contributed by atoms with Crippen molar-refractivity contribution >= 4 is 34.3 Å². The summed E-state index contributed by atoms with van der Waals surface area (Å²) in [5.74, 6) is 0.748. The van der Waals surface area contributed by atoms with Gasteiger partial charge in [0.25, 0.3) is 5.56 Å². The van der Waals surface area contributed by atoms with Crippen LogP contribution in [0.4, 0.5) is 0 Å². The lowest BCUT2D eigenvalue weighted by molar-refractivity contribution is 0.140. The fraction of sp³-hybridized carbons (Fsp3) is 0.529. The van der Waals surface area contributed by atoms with Gasteiger partial charge in [-0.05, 0) is 38.5 Å². The molecule has 0 bridgehead atoms. The average molecular weight is 371 g/mol. The van der Waals surface area contributed by atoms with Crippen molar-refractivity contribution in [3.05, 3.63) is 33.6 Å². The second kappa shape index (κ2) is 10.0. The first kappa shape index (κ1) is 19.2. The van der Waals surface area contributed by atoms with Crippen molar-refractivity contribution < 1.29 is 9.47 Å². The number of hydrogen-bond acceptors (Lipinski definition) is 5. The van der Waals surface area contributed by atoms with Crippen molar-refractivity contribution in [1.82, 2.24) is 9.55 Å². The van der Waals surface area contributed by atoms with E-state index in [1.165, 1.54) is 11.8 Å². The molecule has 7 heteroatoms. The van der Waals surface area contributed by atoms with Crippen LogP contribution < -0.4 is 5.56 Å². The minimum absolute atomic E-state index is 0.0351. The van der Waals surface area contributed by atoms with Crippen molar-refractivity contribution in [3.63, 3.8) is 0 Å². The van der Waals surface area contributed by atoms with E-state index in [0.29, 0.717) is 54.1 Å². The van der Waals surface area contributed by atoms with Crippen molar-refractivity contribution in [2.75, 3.05) is 32.2 Å². The molecule has 0 N–H and O–H groups in total. The molecule has 2 aromatic rings. The second-order valence-corrected chi connectivity index (χ2v) is 6.61. The highest BCUT2D eigenvalue weighted by Crippen LogP contribution is 2.20. The van der Waals surface area contributed by atoms with Crippen LogP contribution >= 0.6 is 23.4 Å². The zero-order valence-electron chi connectivity index (χ0n) is 14.1. The summed E-state index contributed by atoms with van der Waals surface area (Å²) >= 11 is 7.56. The molecule has 24 heavy (non-hydrogen) atoms. The Morgan fingerprint density at radius 3 is 2.71 bits per heavy atom. The lowest BCUT2D eigenvalue weighted by atomic mass is 10.2. The van der Waals surface area contributed by atoms with E-state index in [9.17, 15) is 4.79 Å². The predicted molar refractivity (Wildman–Crippen MR) is 99.3 cm³/mol. The van der Waals surface area contributed by atoms with Crippen molar-refractivity contribution in [3.8, 4) is 0 Å². The Kier molecular flexibility index (Phi) is 8.05. The van der Waals surface area contributed by atoms with E-state index < -0.39 is 0 Å². The van der Waals surface area contributed by atoms with Crippen LogP contribution in [0, 0.1) is 0 Å². The topological polar surface area (TPSA) is 53.4 Å². The molecule has 0 unspecified atom stereocenters. The third-order valence-corrected chi connectivity index (χ3v) is 4.60. The number of nitrogens with zero attached hydrogens (tertiary/aromatic N) is 2. The summed E-state index contributed by atoms with van der Waals surface area (Å²) in [6.07, 6.45) is 0.771. The molecule has 0 amide bonds. The molecule has 0 atom stereocenters. The van der Waals surface area contributed by atoms with Gasteiger partial charge in [0.05, 0.1) is 17.5 Å². The standard InChI is InChI=1S/C17H23ClN2O3S/c1-3-22-9-5-8-20-16(21)14-7-6-13(18)12-15(14)19-17(20)24-11-10-23-4-2/h6-7,12H,3-5,8-11H2,1-2H3.